The molecule has 0 aliphatic carbocycles. The highest BCUT2D eigenvalue weighted by atomic mass is 35.5. The predicted molar refractivity (Wildman–Crippen MR) is 161 cm³/mol. The van der Waals surface area contributed by atoms with E-state index < -0.39 is 10.1 Å². The van der Waals surface area contributed by atoms with Crippen molar-refractivity contribution in [1.29, 1.82) is 0 Å². The van der Waals surface area contributed by atoms with E-state index in [0.717, 1.165) is 49.5 Å². The summed E-state index contributed by atoms with van der Waals surface area (Å²) in [6, 6.07) is 19.7. The Hall–Kier alpha value is -2.85. The number of fused-ring (bicyclic) bond motifs is 1. The van der Waals surface area contributed by atoms with Crippen molar-refractivity contribution in [2.45, 2.75) is 30.8 Å². The second kappa shape index (κ2) is 14.2. The first-order valence-corrected chi connectivity index (χ1v) is 14.4. The summed E-state index contributed by atoms with van der Waals surface area (Å²) in [6.45, 7) is 5.71. The fourth-order valence-electron chi connectivity index (χ4n) is 4.86. The Balaban J connectivity index is 0.00000220. The molecule has 40 heavy (non-hydrogen) atoms. The molecule has 0 aromatic heterocycles. The monoisotopic (exact) mass is 610 g/mol. The molecule has 1 N–H and O–H groups in total. The molecular formula is C29H36Cl2N2O6S. The van der Waals surface area contributed by atoms with Crippen LogP contribution in [0.3, 0.4) is 0 Å². The summed E-state index contributed by atoms with van der Waals surface area (Å²) in [4.78, 5) is 2.48. The number of hydrogen-bond acceptors (Lipinski definition) is 8. The number of para-hydroxylation sites is 3. The molecule has 1 saturated heterocycles. The van der Waals surface area contributed by atoms with Gasteiger partial charge in [-0.3, -0.25) is 0 Å². The van der Waals surface area contributed by atoms with E-state index in [1.165, 1.54) is 12.1 Å². The van der Waals surface area contributed by atoms with Crippen LogP contribution in [0.15, 0.2) is 71.6 Å². The largest absolute Gasteiger partial charge is 0.495 e. The molecule has 1 unspecified atom stereocenters. The second-order valence-corrected chi connectivity index (χ2v) is 11.3. The lowest BCUT2D eigenvalue weighted by molar-refractivity contribution is 0.0870. The van der Waals surface area contributed by atoms with Crippen LogP contribution in [0.2, 0.25) is 0 Å². The maximum absolute atomic E-state index is 12.8. The topological polar surface area (TPSA) is 86.3 Å². The molecular weight excluding hydrogens is 575 g/mol. The molecule has 0 bridgehead atoms. The lowest BCUT2D eigenvalue weighted by atomic mass is 9.96. The zero-order valence-electron chi connectivity index (χ0n) is 22.6. The molecule has 8 nitrogen and oxygen atoms in total. The lowest BCUT2D eigenvalue weighted by Gasteiger charge is -2.34. The summed E-state index contributed by atoms with van der Waals surface area (Å²) in [5.74, 6) is 2.38. The fraction of sp³-hybridized carbons (Fsp3) is 0.379. The molecule has 1 fully saturated rings. The highest BCUT2D eigenvalue weighted by Gasteiger charge is 2.28. The van der Waals surface area contributed by atoms with Gasteiger partial charge in [0.15, 0.2) is 11.5 Å². The van der Waals surface area contributed by atoms with Crippen molar-refractivity contribution < 1.29 is 26.8 Å². The van der Waals surface area contributed by atoms with Gasteiger partial charge in [0.25, 0.3) is 0 Å². The zero-order chi connectivity index (χ0) is 26.5. The number of nitrogens with one attached hydrogen (secondary N) is 1. The number of nitrogens with zero attached hydrogens (tertiary/aromatic N) is 1. The van der Waals surface area contributed by atoms with Gasteiger partial charge in [-0.05, 0) is 68.6 Å². The Kier molecular flexibility index (Phi) is 11.2. The SMILES string of the molecule is COc1ccccc1N1CCC(CNCC2COc3cccc(OS(=O)(=O)c4ccc(C)cc4)c3O2)CC1.Cl.Cl. The minimum atomic E-state index is -4.00. The molecule has 3 aromatic rings. The summed E-state index contributed by atoms with van der Waals surface area (Å²) in [6.07, 6.45) is 1.92. The van der Waals surface area contributed by atoms with E-state index in [1.807, 2.05) is 25.1 Å². The summed E-state index contributed by atoms with van der Waals surface area (Å²) >= 11 is 0. The van der Waals surface area contributed by atoms with Crippen LogP contribution >= 0.6 is 24.8 Å². The first-order chi connectivity index (χ1) is 18.4. The third-order valence-corrected chi connectivity index (χ3v) is 8.26. The fourth-order valence-corrected chi connectivity index (χ4v) is 5.80. The number of benzene rings is 3. The number of aryl methyl sites for hydroxylation is 1. The van der Waals surface area contributed by atoms with Crippen molar-refractivity contribution in [1.82, 2.24) is 5.32 Å². The number of methoxy groups -OCH3 is 1. The number of ether oxygens (including phenoxy) is 3. The van der Waals surface area contributed by atoms with Crippen molar-refractivity contribution >= 4 is 40.6 Å². The lowest BCUT2D eigenvalue weighted by Crippen LogP contribution is -2.42. The molecule has 218 valence electrons. The quantitative estimate of drug-likeness (QED) is 0.328. The molecule has 2 heterocycles. The van der Waals surface area contributed by atoms with Crippen LogP contribution in [0.5, 0.6) is 23.0 Å². The summed E-state index contributed by atoms with van der Waals surface area (Å²) in [7, 11) is -2.29. The second-order valence-electron chi connectivity index (χ2n) is 9.75. The van der Waals surface area contributed by atoms with E-state index in [4.69, 9.17) is 18.4 Å². The molecule has 0 saturated carbocycles. The van der Waals surface area contributed by atoms with E-state index in [-0.39, 0.29) is 41.6 Å². The van der Waals surface area contributed by atoms with Gasteiger partial charge >= 0.3 is 10.1 Å². The van der Waals surface area contributed by atoms with Crippen LogP contribution in [-0.4, -0.2) is 54.4 Å². The van der Waals surface area contributed by atoms with Gasteiger partial charge in [0, 0.05) is 19.6 Å². The van der Waals surface area contributed by atoms with Crippen molar-refractivity contribution in [2.75, 3.05) is 44.8 Å². The summed E-state index contributed by atoms with van der Waals surface area (Å²) in [5.41, 5.74) is 2.12. The number of halogens is 2. The normalized spacial score (nSPS) is 16.9. The van der Waals surface area contributed by atoms with Crippen LogP contribution in [0.1, 0.15) is 18.4 Å². The highest BCUT2D eigenvalue weighted by Crippen LogP contribution is 2.41. The van der Waals surface area contributed by atoms with E-state index in [1.54, 1.807) is 37.4 Å². The standard InChI is InChI=1S/C29H34N2O6S.2ClH/c1-21-10-12-24(13-11-21)38(32,33)37-28-9-5-8-27-29(28)36-23(20-35-27)19-30-18-22-14-16-31(17-15-22)25-6-3-4-7-26(25)34-2;;/h3-13,22-23,30H,14-20H2,1-2H3;2*1H. The van der Waals surface area contributed by atoms with Gasteiger partial charge in [-0.2, -0.15) is 8.42 Å². The van der Waals surface area contributed by atoms with Crippen LogP contribution in [-0.2, 0) is 10.1 Å². The first-order valence-electron chi connectivity index (χ1n) is 13.0. The molecule has 1 atom stereocenters. The molecule has 0 radical (unpaired) electrons. The van der Waals surface area contributed by atoms with Gasteiger partial charge < -0.3 is 28.6 Å². The average Bonchev–Trinajstić information content (AvgIpc) is 2.94. The van der Waals surface area contributed by atoms with Gasteiger partial charge in [-0.15, -0.1) is 24.8 Å². The highest BCUT2D eigenvalue weighted by molar-refractivity contribution is 7.87. The molecule has 2 aliphatic heterocycles. The van der Waals surface area contributed by atoms with Crippen LogP contribution in [0.4, 0.5) is 5.69 Å². The van der Waals surface area contributed by atoms with Crippen molar-refractivity contribution in [3.8, 4) is 23.0 Å². The van der Waals surface area contributed by atoms with Crippen LogP contribution < -0.4 is 28.6 Å². The number of rotatable bonds is 9. The molecule has 11 heteroatoms. The zero-order valence-corrected chi connectivity index (χ0v) is 25.0. The van der Waals surface area contributed by atoms with E-state index >= 15 is 0 Å². The number of piperidine rings is 1. The first kappa shape index (κ1) is 31.7. The maximum Gasteiger partial charge on any atom is 0.339 e. The number of hydrogen-bond donors (Lipinski definition) is 1. The average molecular weight is 612 g/mol. The van der Waals surface area contributed by atoms with Gasteiger partial charge in [0.2, 0.25) is 5.75 Å². The Labute approximate surface area is 248 Å². The summed E-state index contributed by atoms with van der Waals surface area (Å²) < 4.78 is 48.7. The van der Waals surface area contributed by atoms with Gasteiger partial charge in [0.05, 0.1) is 12.8 Å². The minimum Gasteiger partial charge on any atom is -0.495 e. The smallest absolute Gasteiger partial charge is 0.339 e. The third kappa shape index (κ3) is 7.46. The molecule has 0 amide bonds. The summed E-state index contributed by atoms with van der Waals surface area (Å²) in [5, 5.41) is 3.52. The van der Waals surface area contributed by atoms with Crippen molar-refractivity contribution in [3.05, 3.63) is 72.3 Å². The van der Waals surface area contributed by atoms with Crippen molar-refractivity contribution in [2.24, 2.45) is 5.92 Å². The molecule has 0 spiro atoms. The van der Waals surface area contributed by atoms with E-state index in [0.29, 0.717) is 30.6 Å². The van der Waals surface area contributed by atoms with Crippen molar-refractivity contribution in [3.63, 3.8) is 0 Å². The Morgan fingerprint density at radius 2 is 1.62 bits per heavy atom. The Morgan fingerprint density at radius 3 is 2.35 bits per heavy atom. The predicted octanol–water partition coefficient (Wildman–Crippen LogP) is 5.26. The Bertz CT molecular complexity index is 1350. The number of anilines is 1. The van der Waals surface area contributed by atoms with Crippen LogP contribution in [0.25, 0.3) is 0 Å². The maximum atomic E-state index is 12.8. The van der Waals surface area contributed by atoms with E-state index in [2.05, 4.69) is 16.3 Å². The Morgan fingerprint density at radius 1 is 0.925 bits per heavy atom. The molecule has 2 aliphatic rings. The van der Waals surface area contributed by atoms with E-state index in [9.17, 15) is 8.42 Å². The minimum absolute atomic E-state index is 0. The molecule has 3 aromatic carbocycles. The van der Waals surface area contributed by atoms with Gasteiger partial charge in [-0.1, -0.05) is 35.9 Å². The van der Waals surface area contributed by atoms with Crippen LogP contribution in [0, 0.1) is 12.8 Å². The third-order valence-electron chi connectivity index (χ3n) is 7.01. The molecule has 5 rings (SSSR count). The van der Waals surface area contributed by atoms with Gasteiger partial charge in [0.1, 0.15) is 23.4 Å². The van der Waals surface area contributed by atoms with Gasteiger partial charge in [-0.25, -0.2) is 0 Å².